The van der Waals surface area contributed by atoms with Crippen LogP contribution in [-0.4, -0.2) is 23.2 Å². The number of ether oxygens (including phenoxy) is 1. The van der Waals surface area contributed by atoms with Gasteiger partial charge in [-0.25, -0.2) is 0 Å². The Morgan fingerprint density at radius 1 is 0.800 bits per heavy atom. The standard InChI is InChI=1S/C32H47O2P/c1-19(2)23-15-25(20(3)4)29(26(16-23)21(5)6)28-22(7)13-14-27(34-12)30(28)35-31(8,9)17-24(33)18-32(35,10)11/h13-16,19-21H,17-18H2,1-12H3. The Morgan fingerprint density at radius 2 is 1.29 bits per heavy atom. The highest BCUT2D eigenvalue weighted by atomic mass is 31.1. The Labute approximate surface area is 216 Å². The van der Waals surface area contributed by atoms with E-state index in [1.807, 2.05) is 0 Å². The second-order valence-corrected chi connectivity index (χ2v) is 16.2. The fourth-order valence-corrected chi connectivity index (χ4v) is 10.6. The number of benzene rings is 2. The van der Waals surface area contributed by atoms with Crippen molar-refractivity contribution in [2.75, 3.05) is 7.11 Å². The lowest BCUT2D eigenvalue weighted by Gasteiger charge is -2.50. The zero-order chi connectivity index (χ0) is 26.5. The van der Waals surface area contributed by atoms with E-state index in [9.17, 15) is 4.79 Å². The van der Waals surface area contributed by atoms with E-state index in [2.05, 4.69) is 100 Å². The number of aryl methyl sites for hydroxylation is 1. The molecular formula is C32H47O2P. The second kappa shape index (κ2) is 10.0. The van der Waals surface area contributed by atoms with Gasteiger partial charge in [0.15, 0.2) is 0 Å². The summed E-state index contributed by atoms with van der Waals surface area (Å²) in [5.41, 5.74) is 8.32. The van der Waals surface area contributed by atoms with Gasteiger partial charge in [-0.05, 0) is 74.4 Å². The van der Waals surface area contributed by atoms with Gasteiger partial charge >= 0.3 is 0 Å². The maximum absolute atomic E-state index is 12.8. The van der Waals surface area contributed by atoms with E-state index in [4.69, 9.17) is 4.74 Å². The Hall–Kier alpha value is -1.66. The molecule has 35 heavy (non-hydrogen) atoms. The Morgan fingerprint density at radius 3 is 1.69 bits per heavy atom. The third-order valence-corrected chi connectivity index (χ3v) is 11.3. The fourth-order valence-electron chi connectivity index (χ4n) is 6.23. The lowest BCUT2D eigenvalue weighted by Crippen LogP contribution is -2.44. The van der Waals surface area contributed by atoms with Crippen LogP contribution in [-0.2, 0) is 4.79 Å². The molecule has 0 unspecified atom stereocenters. The molecule has 1 heterocycles. The zero-order valence-electron chi connectivity index (χ0n) is 24.2. The van der Waals surface area contributed by atoms with E-state index in [0.717, 1.165) is 5.75 Å². The first-order chi connectivity index (χ1) is 16.1. The van der Waals surface area contributed by atoms with E-state index in [1.165, 1.54) is 38.7 Å². The van der Waals surface area contributed by atoms with Gasteiger partial charge in [0.05, 0.1) is 7.11 Å². The smallest absolute Gasteiger partial charge is 0.134 e. The molecular weight excluding hydrogens is 447 g/mol. The average Bonchev–Trinajstić information content (AvgIpc) is 2.71. The molecule has 1 aliphatic heterocycles. The lowest BCUT2D eigenvalue weighted by atomic mass is 9.80. The van der Waals surface area contributed by atoms with Gasteiger partial charge in [0.25, 0.3) is 0 Å². The van der Waals surface area contributed by atoms with Crippen LogP contribution in [0.2, 0.25) is 0 Å². The quantitative estimate of drug-likeness (QED) is 0.374. The van der Waals surface area contributed by atoms with Crippen molar-refractivity contribution in [2.24, 2.45) is 0 Å². The number of ketones is 1. The minimum Gasteiger partial charge on any atom is -0.496 e. The highest BCUT2D eigenvalue weighted by Gasteiger charge is 2.49. The molecule has 0 spiro atoms. The molecule has 0 atom stereocenters. The summed E-state index contributed by atoms with van der Waals surface area (Å²) >= 11 is 0. The average molecular weight is 495 g/mol. The Kier molecular flexibility index (Phi) is 7.98. The Balaban J connectivity index is 2.52. The predicted molar refractivity (Wildman–Crippen MR) is 154 cm³/mol. The van der Waals surface area contributed by atoms with Crippen molar-refractivity contribution in [3.63, 3.8) is 0 Å². The SMILES string of the molecule is COc1ccc(C)c(-c2c(C(C)C)cc(C(C)C)cc2C(C)C)c1P1C(C)(C)CC(=O)CC1(C)C. The van der Waals surface area contributed by atoms with Crippen LogP contribution in [0.5, 0.6) is 5.75 Å². The first kappa shape index (κ1) is 27.9. The van der Waals surface area contributed by atoms with Crippen LogP contribution in [0.15, 0.2) is 24.3 Å². The van der Waals surface area contributed by atoms with E-state index in [1.54, 1.807) is 7.11 Å². The summed E-state index contributed by atoms with van der Waals surface area (Å²) in [5, 5.41) is 1.15. The molecule has 0 saturated carbocycles. The highest BCUT2D eigenvalue weighted by Crippen LogP contribution is 2.66. The number of hydrogen-bond acceptors (Lipinski definition) is 2. The summed E-state index contributed by atoms with van der Waals surface area (Å²) < 4.78 is 6.12. The van der Waals surface area contributed by atoms with Crippen LogP contribution in [0.1, 0.15) is 122 Å². The summed E-state index contributed by atoms with van der Waals surface area (Å²) in [4.78, 5) is 12.8. The van der Waals surface area contributed by atoms with Crippen molar-refractivity contribution in [1.82, 2.24) is 0 Å². The first-order valence-electron chi connectivity index (χ1n) is 13.3. The van der Waals surface area contributed by atoms with Crippen LogP contribution >= 0.6 is 7.92 Å². The lowest BCUT2D eigenvalue weighted by molar-refractivity contribution is -0.120. The van der Waals surface area contributed by atoms with Gasteiger partial charge in [-0.15, -0.1) is 0 Å². The molecule has 0 bridgehead atoms. The minimum absolute atomic E-state index is 0.0994. The van der Waals surface area contributed by atoms with Crippen LogP contribution in [0.4, 0.5) is 0 Å². The van der Waals surface area contributed by atoms with Crippen molar-refractivity contribution >= 4 is 19.0 Å². The predicted octanol–water partition coefficient (Wildman–Crippen LogP) is 9.07. The maximum atomic E-state index is 12.8. The van der Waals surface area contributed by atoms with Crippen molar-refractivity contribution in [1.29, 1.82) is 0 Å². The second-order valence-electron chi connectivity index (χ2n) is 12.7. The molecule has 0 amide bonds. The molecule has 192 valence electrons. The molecule has 3 heteroatoms. The zero-order valence-corrected chi connectivity index (χ0v) is 25.1. The van der Waals surface area contributed by atoms with E-state index >= 15 is 0 Å². The summed E-state index contributed by atoms with van der Waals surface area (Å²) in [6.07, 6.45) is 1.28. The number of carbonyl (C=O) groups is 1. The number of rotatable bonds is 6. The number of hydrogen-bond donors (Lipinski definition) is 0. The number of methoxy groups -OCH3 is 1. The summed E-state index contributed by atoms with van der Waals surface area (Å²) in [6.45, 7) is 25.3. The van der Waals surface area contributed by atoms with E-state index in [0.29, 0.717) is 36.4 Å². The van der Waals surface area contributed by atoms with Crippen molar-refractivity contribution in [3.8, 4) is 16.9 Å². The normalized spacial score (nSPS) is 18.1. The molecule has 2 aromatic rings. The van der Waals surface area contributed by atoms with Crippen LogP contribution in [0.3, 0.4) is 0 Å². The van der Waals surface area contributed by atoms with Crippen LogP contribution in [0.25, 0.3) is 11.1 Å². The van der Waals surface area contributed by atoms with Gasteiger partial charge in [0.1, 0.15) is 11.5 Å². The largest absolute Gasteiger partial charge is 0.496 e. The molecule has 3 rings (SSSR count). The molecule has 0 aromatic heterocycles. The van der Waals surface area contributed by atoms with E-state index in [-0.39, 0.29) is 10.3 Å². The van der Waals surface area contributed by atoms with Crippen LogP contribution in [0, 0.1) is 6.92 Å². The summed E-state index contributed by atoms with van der Waals surface area (Å²) in [7, 11) is 1.11. The third kappa shape index (κ3) is 5.24. The van der Waals surface area contributed by atoms with Gasteiger partial charge in [0.2, 0.25) is 0 Å². The topological polar surface area (TPSA) is 26.3 Å². The maximum Gasteiger partial charge on any atom is 0.134 e. The highest BCUT2D eigenvalue weighted by molar-refractivity contribution is 7.69. The molecule has 2 aromatic carbocycles. The number of Topliss-reactive ketones (excluding diaryl/α,β-unsaturated/α-hetero) is 1. The number of carbonyl (C=O) groups excluding carboxylic acids is 1. The summed E-state index contributed by atoms with van der Waals surface area (Å²) in [5.74, 6) is 2.66. The molecule has 1 saturated heterocycles. The van der Waals surface area contributed by atoms with Gasteiger partial charge in [-0.3, -0.25) is 4.79 Å². The van der Waals surface area contributed by atoms with Crippen molar-refractivity contribution in [2.45, 2.75) is 117 Å². The van der Waals surface area contributed by atoms with Gasteiger partial charge in [0, 0.05) is 18.1 Å². The van der Waals surface area contributed by atoms with Crippen molar-refractivity contribution in [3.05, 3.63) is 46.5 Å². The molecule has 0 aliphatic carbocycles. The Bertz CT molecular complexity index is 1060. The summed E-state index contributed by atoms with van der Waals surface area (Å²) in [6, 6.07) is 9.29. The van der Waals surface area contributed by atoms with Gasteiger partial charge in [-0.2, -0.15) is 0 Å². The molecule has 1 aliphatic rings. The monoisotopic (exact) mass is 494 g/mol. The first-order valence-corrected chi connectivity index (χ1v) is 14.6. The van der Waals surface area contributed by atoms with E-state index < -0.39 is 7.92 Å². The molecule has 0 N–H and O–H groups in total. The minimum atomic E-state index is -0.696. The van der Waals surface area contributed by atoms with Crippen LogP contribution < -0.4 is 10.0 Å². The molecule has 2 nitrogen and oxygen atoms in total. The van der Waals surface area contributed by atoms with Gasteiger partial charge < -0.3 is 4.74 Å². The van der Waals surface area contributed by atoms with Gasteiger partial charge in [-0.1, -0.05) is 95.4 Å². The third-order valence-electron chi connectivity index (χ3n) is 7.65. The molecule has 1 fully saturated rings. The molecule has 0 radical (unpaired) electrons. The van der Waals surface area contributed by atoms with Crippen molar-refractivity contribution < 1.29 is 9.53 Å². The fraction of sp³-hybridized carbons (Fsp3) is 0.594.